The number of rotatable bonds is 2. The van der Waals surface area contributed by atoms with Gasteiger partial charge in [0, 0.05) is 10.9 Å². The van der Waals surface area contributed by atoms with Crippen LogP contribution in [0.15, 0.2) is 23.0 Å². The van der Waals surface area contributed by atoms with E-state index >= 15 is 0 Å². The summed E-state index contributed by atoms with van der Waals surface area (Å²) < 4.78 is 0. The highest BCUT2D eigenvalue weighted by Gasteiger charge is 2.13. The predicted octanol–water partition coefficient (Wildman–Crippen LogP) is 1.05. The molecule has 0 fully saturated rings. The first-order chi connectivity index (χ1) is 8.00. The second-order valence-corrected chi connectivity index (χ2v) is 3.91. The molecule has 0 atom stereocenters. The first-order valence-electron chi connectivity index (χ1n) is 5.12. The van der Waals surface area contributed by atoms with E-state index in [9.17, 15) is 9.59 Å². The molecule has 0 spiro atoms. The van der Waals surface area contributed by atoms with E-state index in [0.717, 1.165) is 5.56 Å². The number of aromatic amines is 1. The standard InChI is InChI=1S/C12H12N2O3/c1-6-3-2-4-7-8(5-9(15)16)10(13)12(17)14-11(6)7/h2-4H,5,13H2,1H3,(H,14,17)(H,15,16). The van der Waals surface area contributed by atoms with Crippen molar-refractivity contribution >= 4 is 22.6 Å². The number of anilines is 1. The minimum absolute atomic E-state index is 0.0227. The maximum atomic E-state index is 11.6. The molecule has 1 heterocycles. The molecule has 88 valence electrons. The van der Waals surface area contributed by atoms with Crippen molar-refractivity contribution in [3.05, 3.63) is 39.7 Å². The second kappa shape index (κ2) is 3.93. The molecule has 0 aliphatic heterocycles. The third-order valence-electron chi connectivity index (χ3n) is 2.73. The Balaban J connectivity index is 2.87. The third-order valence-corrected chi connectivity index (χ3v) is 2.73. The number of aromatic nitrogens is 1. The van der Waals surface area contributed by atoms with E-state index in [4.69, 9.17) is 10.8 Å². The van der Waals surface area contributed by atoms with Gasteiger partial charge in [-0.1, -0.05) is 18.2 Å². The number of carbonyl (C=O) groups is 1. The fourth-order valence-corrected chi connectivity index (χ4v) is 1.89. The van der Waals surface area contributed by atoms with Gasteiger partial charge in [-0.05, 0) is 12.5 Å². The van der Waals surface area contributed by atoms with E-state index in [2.05, 4.69) is 4.98 Å². The monoisotopic (exact) mass is 232 g/mol. The van der Waals surface area contributed by atoms with Crippen LogP contribution in [-0.4, -0.2) is 16.1 Å². The first-order valence-corrected chi connectivity index (χ1v) is 5.12. The molecule has 0 bridgehead atoms. The molecular weight excluding hydrogens is 220 g/mol. The van der Waals surface area contributed by atoms with Crippen LogP contribution in [0.2, 0.25) is 0 Å². The number of para-hydroxylation sites is 1. The summed E-state index contributed by atoms with van der Waals surface area (Å²) in [6.07, 6.45) is -0.254. The summed E-state index contributed by atoms with van der Waals surface area (Å²) >= 11 is 0. The first kappa shape index (κ1) is 11.2. The summed E-state index contributed by atoms with van der Waals surface area (Å²) in [5.41, 5.74) is 7.07. The van der Waals surface area contributed by atoms with Crippen LogP contribution in [0.5, 0.6) is 0 Å². The predicted molar refractivity (Wildman–Crippen MR) is 65.1 cm³/mol. The number of H-pyrrole nitrogens is 1. The molecule has 17 heavy (non-hydrogen) atoms. The van der Waals surface area contributed by atoms with Gasteiger partial charge in [0.2, 0.25) is 0 Å². The molecular formula is C12H12N2O3. The van der Waals surface area contributed by atoms with Crippen LogP contribution in [0, 0.1) is 6.92 Å². The van der Waals surface area contributed by atoms with Crippen LogP contribution in [0.1, 0.15) is 11.1 Å². The third kappa shape index (κ3) is 1.87. The highest BCUT2D eigenvalue weighted by atomic mass is 16.4. The molecule has 2 aromatic rings. The van der Waals surface area contributed by atoms with Crippen molar-refractivity contribution in [3.8, 4) is 0 Å². The van der Waals surface area contributed by atoms with Crippen molar-refractivity contribution in [2.24, 2.45) is 0 Å². The lowest BCUT2D eigenvalue weighted by atomic mass is 10.0. The van der Waals surface area contributed by atoms with Crippen LogP contribution in [0.3, 0.4) is 0 Å². The Morgan fingerprint density at radius 1 is 1.47 bits per heavy atom. The lowest BCUT2D eigenvalue weighted by Crippen LogP contribution is -2.17. The normalized spacial score (nSPS) is 10.6. The van der Waals surface area contributed by atoms with Crippen molar-refractivity contribution < 1.29 is 9.90 Å². The lowest BCUT2D eigenvalue weighted by Gasteiger charge is -2.09. The number of nitrogens with one attached hydrogen (secondary N) is 1. The fraction of sp³-hybridized carbons (Fsp3) is 0.167. The molecule has 1 aromatic heterocycles. The van der Waals surface area contributed by atoms with E-state index in [0.29, 0.717) is 16.5 Å². The Morgan fingerprint density at radius 3 is 2.82 bits per heavy atom. The van der Waals surface area contributed by atoms with E-state index in [-0.39, 0.29) is 12.1 Å². The maximum Gasteiger partial charge on any atom is 0.307 e. The Morgan fingerprint density at radius 2 is 2.18 bits per heavy atom. The molecule has 0 amide bonds. The minimum Gasteiger partial charge on any atom is -0.481 e. The molecule has 0 aliphatic rings. The summed E-state index contributed by atoms with van der Waals surface area (Å²) in [5, 5.41) is 9.53. The van der Waals surface area contributed by atoms with Gasteiger partial charge in [-0.25, -0.2) is 0 Å². The summed E-state index contributed by atoms with van der Waals surface area (Å²) in [4.78, 5) is 25.1. The van der Waals surface area contributed by atoms with Gasteiger partial charge in [-0.3, -0.25) is 9.59 Å². The average molecular weight is 232 g/mol. The Hall–Kier alpha value is -2.30. The Kier molecular flexibility index (Phi) is 2.59. The topological polar surface area (TPSA) is 96.2 Å². The van der Waals surface area contributed by atoms with E-state index in [1.165, 1.54) is 0 Å². The minimum atomic E-state index is -1.01. The zero-order chi connectivity index (χ0) is 12.6. The number of pyridine rings is 1. The lowest BCUT2D eigenvalue weighted by molar-refractivity contribution is -0.136. The molecule has 0 aliphatic carbocycles. The van der Waals surface area contributed by atoms with Gasteiger partial charge in [0.25, 0.3) is 5.56 Å². The van der Waals surface area contributed by atoms with Crippen LogP contribution < -0.4 is 11.3 Å². The van der Waals surface area contributed by atoms with Crippen LogP contribution in [0.25, 0.3) is 10.9 Å². The Labute approximate surface area is 96.9 Å². The maximum absolute atomic E-state index is 11.6. The number of fused-ring (bicyclic) bond motifs is 1. The summed E-state index contributed by atoms with van der Waals surface area (Å²) in [6, 6.07) is 5.41. The second-order valence-electron chi connectivity index (χ2n) is 3.91. The zero-order valence-corrected chi connectivity index (χ0v) is 9.28. The van der Waals surface area contributed by atoms with Crippen molar-refractivity contribution in [3.63, 3.8) is 0 Å². The largest absolute Gasteiger partial charge is 0.481 e. The number of aryl methyl sites for hydroxylation is 1. The number of aliphatic carboxylic acids is 1. The summed E-state index contributed by atoms with van der Waals surface area (Å²) in [7, 11) is 0. The van der Waals surface area contributed by atoms with Gasteiger partial charge in [0.15, 0.2) is 0 Å². The van der Waals surface area contributed by atoms with E-state index < -0.39 is 11.5 Å². The van der Waals surface area contributed by atoms with E-state index in [1.807, 2.05) is 13.0 Å². The zero-order valence-electron chi connectivity index (χ0n) is 9.28. The molecule has 5 nitrogen and oxygen atoms in total. The molecule has 1 aromatic carbocycles. The van der Waals surface area contributed by atoms with Gasteiger partial charge in [-0.15, -0.1) is 0 Å². The number of carboxylic acids is 1. The van der Waals surface area contributed by atoms with Gasteiger partial charge >= 0.3 is 5.97 Å². The molecule has 0 unspecified atom stereocenters. The van der Waals surface area contributed by atoms with Crippen molar-refractivity contribution in [2.75, 3.05) is 5.73 Å². The van der Waals surface area contributed by atoms with Crippen LogP contribution >= 0.6 is 0 Å². The van der Waals surface area contributed by atoms with E-state index in [1.54, 1.807) is 12.1 Å². The van der Waals surface area contributed by atoms with Crippen LogP contribution in [0.4, 0.5) is 5.69 Å². The molecule has 0 saturated carbocycles. The van der Waals surface area contributed by atoms with Gasteiger partial charge < -0.3 is 15.8 Å². The van der Waals surface area contributed by atoms with Crippen molar-refractivity contribution in [2.45, 2.75) is 13.3 Å². The summed E-state index contributed by atoms with van der Waals surface area (Å²) in [6.45, 7) is 1.85. The van der Waals surface area contributed by atoms with Gasteiger partial charge in [-0.2, -0.15) is 0 Å². The number of nitrogens with two attached hydrogens (primary N) is 1. The molecule has 0 saturated heterocycles. The highest BCUT2D eigenvalue weighted by Crippen LogP contribution is 2.22. The number of nitrogen functional groups attached to an aromatic ring is 1. The Bertz CT molecular complexity index is 659. The number of carboxylic acid groups (broad SMARTS) is 1. The SMILES string of the molecule is Cc1cccc2c(CC(=O)O)c(N)c(=O)[nH]c12. The smallest absolute Gasteiger partial charge is 0.307 e. The summed E-state index contributed by atoms with van der Waals surface area (Å²) in [5.74, 6) is -1.01. The molecule has 0 radical (unpaired) electrons. The average Bonchev–Trinajstić information content (AvgIpc) is 2.26. The van der Waals surface area contributed by atoms with Gasteiger partial charge in [0.1, 0.15) is 5.69 Å². The molecule has 5 heteroatoms. The molecule has 4 N–H and O–H groups in total. The number of benzene rings is 1. The van der Waals surface area contributed by atoms with Crippen molar-refractivity contribution in [1.29, 1.82) is 0 Å². The number of hydrogen-bond acceptors (Lipinski definition) is 3. The fourth-order valence-electron chi connectivity index (χ4n) is 1.89. The molecule has 2 rings (SSSR count). The van der Waals surface area contributed by atoms with Gasteiger partial charge in [0.05, 0.1) is 11.9 Å². The van der Waals surface area contributed by atoms with Crippen LogP contribution in [-0.2, 0) is 11.2 Å². The number of hydrogen-bond donors (Lipinski definition) is 3. The van der Waals surface area contributed by atoms with Crippen molar-refractivity contribution in [1.82, 2.24) is 4.98 Å². The quantitative estimate of drug-likeness (QED) is 0.720. The highest BCUT2D eigenvalue weighted by molar-refractivity contribution is 5.91.